The number of benzene rings is 3. The summed E-state index contributed by atoms with van der Waals surface area (Å²) >= 11 is 0. The van der Waals surface area contributed by atoms with Crippen LogP contribution in [-0.4, -0.2) is 34.0 Å². The van der Waals surface area contributed by atoms with Gasteiger partial charge in [-0.05, 0) is 85.0 Å². The van der Waals surface area contributed by atoms with Crippen molar-refractivity contribution in [3.05, 3.63) is 94.8 Å². The molecule has 214 valence electrons. The molecule has 6 rings (SSSR count). The Morgan fingerprint density at radius 3 is 2.33 bits per heavy atom. The third kappa shape index (κ3) is 4.78. The van der Waals surface area contributed by atoms with Crippen LogP contribution in [0.2, 0.25) is 0 Å². The van der Waals surface area contributed by atoms with Crippen LogP contribution in [0.4, 0.5) is 17.6 Å². The Balaban J connectivity index is 1.35. The van der Waals surface area contributed by atoms with E-state index in [0.29, 0.717) is 51.8 Å². The van der Waals surface area contributed by atoms with E-state index >= 15 is 0 Å². The number of alkyl halides is 3. The summed E-state index contributed by atoms with van der Waals surface area (Å²) in [6.07, 6.45) is -3.87. The van der Waals surface area contributed by atoms with Crippen molar-refractivity contribution in [2.75, 3.05) is 7.05 Å². The van der Waals surface area contributed by atoms with Gasteiger partial charge in [-0.2, -0.15) is 13.2 Å². The molecule has 12 heteroatoms. The first-order valence-electron chi connectivity index (χ1n) is 13.0. The molecule has 0 saturated heterocycles. The monoisotopic (exact) mass is 577 g/mol. The van der Waals surface area contributed by atoms with E-state index in [2.05, 4.69) is 25.8 Å². The van der Waals surface area contributed by atoms with E-state index in [-0.39, 0.29) is 17.3 Å². The van der Waals surface area contributed by atoms with Gasteiger partial charge in [0.05, 0.1) is 11.1 Å². The second-order valence-corrected chi connectivity index (χ2v) is 10.2. The highest BCUT2D eigenvalue weighted by Crippen LogP contribution is 2.45. The fourth-order valence-electron chi connectivity index (χ4n) is 4.93. The number of halogens is 4. The van der Waals surface area contributed by atoms with Gasteiger partial charge in [0.25, 0.3) is 17.6 Å². The highest BCUT2D eigenvalue weighted by Gasteiger charge is 2.50. The normalized spacial score (nSPS) is 14.1. The molecule has 0 unspecified atom stereocenters. The minimum Gasteiger partial charge on any atom is -0.455 e. The lowest BCUT2D eigenvalue weighted by atomic mass is 9.95. The summed E-state index contributed by atoms with van der Waals surface area (Å²) < 4.78 is 58.6. The van der Waals surface area contributed by atoms with Crippen LogP contribution < -0.4 is 10.6 Å². The molecule has 0 bridgehead atoms. The fraction of sp³-hybridized carbons (Fsp3) is 0.200. The van der Waals surface area contributed by atoms with E-state index in [9.17, 15) is 27.2 Å². The van der Waals surface area contributed by atoms with Crippen molar-refractivity contribution in [1.29, 1.82) is 0 Å². The zero-order chi connectivity index (χ0) is 29.8. The van der Waals surface area contributed by atoms with Crippen molar-refractivity contribution in [2.45, 2.75) is 31.5 Å². The maximum absolute atomic E-state index is 13.5. The molecule has 0 radical (unpaired) electrons. The van der Waals surface area contributed by atoms with Gasteiger partial charge >= 0.3 is 6.18 Å². The summed E-state index contributed by atoms with van der Waals surface area (Å²) in [6.45, 7) is 1.87. The average molecular weight is 578 g/mol. The first-order valence-corrected chi connectivity index (χ1v) is 13.0. The zero-order valence-corrected chi connectivity index (χ0v) is 22.3. The first-order chi connectivity index (χ1) is 20.0. The van der Waals surface area contributed by atoms with Gasteiger partial charge in [-0.25, -0.2) is 9.37 Å². The molecular weight excluding hydrogens is 554 g/mol. The highest BCUT2D eigenvalue weighted by molar-refractivity contribution is 6.12. The van der Waals surface area contributed by atoms with E-state index in [1.807, 2.05) is 6.92 Å². The number of aromatic nitrogens is 3. The molecule has 42 heavy (non-hydrogen) atoms. The molecule has 1 fully saturated rings. The number of aryl methyl sites for hydroxylation is 1. The summed E-state index contributed by atoms with van der Waals surface area (Å²) in [5.74, 6) is -2.32. The number of hydrogen-bond donors (Lipinski definition) is 3. The van der Waals surface area contributed by atoms with Crippen molar-refractivity contribution < 1.29 is 31.6 Å². The number of carbonyl (C=O) groups excluding carboxylic acids is 2. The molecule has 3 N–H and O–H groups in total. The Labute approximate surface area is 236 Å². The number of H-pyrrole nitrogens is 1. The van der Waals surface area contributed by atoms with Gasteiger partial charge in [-0.1, -0.05) is 12.1 Å². The van der Waals surface area contributed by atoms with Crippen LogP contribution in [0.3, 0.4) is 0 Å². The number of furan rings is 1. The first kappa shape index (κ1) is 27.2. The Hall–Kier alpha value is -5.00. The third-order valence-electron chi connectivity index (χ3n) is 7.35. The summed E-state index contributed by atoms with van der Waals surface area (Å²) in [5.41, 5.74) is 2.78. The molecular formula is C30H23F4N5O3. The number of fused-ring (bicyclic) bond motifs is 1. The molecule has 2 aromatic heterocycles. The smallest absolute Gasteiger partial charge is 0.453 e. The van der Waals surface area contributed by atoms with Crippen LogP contribution in [0.25, 0.3) is 33.4 Å². The van der Waals surface area contributed by atoms with Gasteiger partial charge in [0.1, 0.15) is 17.2 Å². The molecule has 3 aromatic carbocycles. The predicted molar refractivity (Wildman–Crippen MR) is 145 cm³/mol. The largest absolute Gasteiger partial charge is 0.455 e. The van der Waals surface area contributed by atoms with E-state index < -0.39 is 29.3 Å². The molecule has 1 aliphatic rings. The summed E-state index contributed by atoms with van der Waals surface area (Å²) in [4.78, 5) is 29.8. The van der Waals surface area contributed by atoms with Gasteiger partial charge in [0.2, 0.25) is 0 Å². The van der Waals surface area contributed by atoms with Crippen LogP contribution in [0.15, 0.2) is 65.1 Å². The van der Waals surface area contributed by atoms with Crippen molar-refractivity contribution >= 4 is 22.8 Å². The fourth-order valence-corrected chi connectivity index (χ4v) is 4.93. The maximum atomic E-state index is 13.5. The Kier molecular flexibility index (Phi) is 6.36. The van der Waals surface area contributed by atoms with Crippen molar-refractivity contribution in [1.82, 2.24) is 25.8 Å². The molecule has 1 aliphatic carbocycles. The number of aromatic amines is 1. The Bertz CT molecular complexity index is 1850. The van der Waals surface area contributed by atoms with Crippen LogP contribution in [0, 0.1) is 12.7 Å². The van der Waals surface area contributed by atoms with Gasteiger partial charge in [0.15, 0.2) is 5.82 Å². The quantitative estimate of drug-likeness (QED) is 0.210. The second-order valence-electron chi connectivity index (χ2n) is 10.2. The van der Waals surface area contributed by atoms with Crippen LogP contribution >= 0.6 is 0 Å². The molecule has 0 aliphatic heterocycles. The number of rotatable bonds is 6. The number of amides is 2. The minimum atomic E-state index is -4.70. The van der Waals surface area contributed by atoms with E-state index in [1.165, 1.54) is 31.3 Å². The van der Waals surface area contributed by atoms with Gasteiger partial charge < -0.3 is 15.1 Å². The predicted octanol–water partition coefficient (Wildman–Crippen LogP) is 6.13. The average Bonchev–Trinajstić information content (AvgIpc) is 3.38. The van der Waals surface area contributed by atoms with Gasteiger partial charge in [0, 0.05) is 23.6 Å². The Morgan fingerprint density at radius 1 is 0.976 bits per heavy atom. The van der Waals surface area contributed by atoms with E-state index in [0.717, 1.165) is 5.56 Å². The van der Waals surface area contributed by atoms with E-state index in [4.69, 9.17) is 4.42 Å². The molecule has 2 amide bonds. The van der Waals surface area contributed by atoms with Crippen LogP contribution in [0.1, 0.15) is 50.8 Å². The number of nitrogens with zero attached hydrogens (tertiary/aromatic N) is 2. The molecule has 0 spiro atoms. The molecule has 8 nitrogen and oxygen atoms in total. The molecule has 2 heterocycles. The van der Waals surface area contributed by atoms with Crippen LogP contribution in [-0.2, 0) is 11.7 Å². The SMILES string of the molecule is CNC(=O)c1c(-c2ccc(F)cc2)oc2ccc(-c3cc(C(=O)NC4(c5nc(C(F)(F)F)n[nH]5)CC4)ccc3C)cc12. The third-order valence-corrected chi connectivity index (χ3v) is 7.35. The number of carbonyl (C=O) groups is 2. The molecule has 0 atom stereocenters. The summed E-state index contributed by atoms with van der Waals surface area (Å²) in [6, 6.07) is 16.0. The second kappa shape index (κ2) is 9.82. The lowest BCUT2D eigenvalue weighted by Gasteiger charge is -2.16. The number of hydrogen-bond acceptors (Lipinski definition) is 5. The molecule has 1 saturated carbocycles. The highest BCUT2D eigenvalue weighted by atomic mass is 19.4. The molecule has 5 aromatic rings. The van der Waals surface area contributed by atoms with E-state index in [1.54, 1.807) is 36.4 Å². The lowest BCUT2D eigenvalue weighted by Crippen LogP contribution is -2.35. The minimum absolute atomic E-state index is 0.0420. The Morgan fingerprint density at radius 2 is 1.69 bits per heavy atom. The van der Waals surface area contributed by atoms with Crippen LogP contribution in [0.5, 0.6) is 0 Å². The standard InChI is InChI=1S/C30H23F4N5O3/c1-15-3-4-18(25(40)37-29(11-12-29)27-36-28(39-38-27)30(32,33)34)14-20(15)17-7-10-22-21(13-17)23(26(41)35-2)24(42-22)16-5-8-19(31)9-6-16/h3-10,13-14H,11-12H2,1-2H3,(H,35,41)(H,37,40)(H,36,38,39). The van der Waals surface area contributed by atoms with Crippen molar-refractivity contribution in [2.24, 2.45) is 0 Å². The zero-order valence-electron chi connectivity index (χ0n) is 22.3. The topological polar surface area (TPSA) is 113 Å². The number of nitrogens with one attached hydrogen (secondary N) is 3. The summed E-state index contributed by atoms with van der Waals surface area (Å²) in [5, 5.41) is 11.5. The van der Waals surface area contributed by atoms with Crippen molar-refractivity contribution in [3.8, 4) is 22.5 Å². The van der Waals surface area contributed by atoms with Gasteiger partial charge in [-0.3, -0.25) is 14.7 Å². The van der Waals surface area contributed by atoms with Crippen molar-refractivity contribution in [3.63, 3.8) is 0 Å². The summed E-state index contributed by atoms with van der Waals surface area (Å²) in [7, 11) is 1.50. The maximum Gasteiger partial charge on any atom is 0.453 e. The van der Waals surface area contributed by atoms with Gasteiger partial charge in [-0.15, -0.1) is 5.10 Å². The lowest BCUT2D eigenvalue weighted by molar-refractivity contribution is -0.144.